The van der Waals surface area contributed by atoms with Gasteiger partial charge in [-0.05, 0) is 43.5 Å². The molecular weight excluding hydrogens is 271 g/mol. The van der Waals surface area contributed by atoms with Gasteiger partial charge in [0.2, 0.25) is 0 Å². The van der Waals surface area contributed by atoms with E-state index in [9.17, 15) is 9.18 Å². The highest BCUT2D eigenvalue weighted by Crippen LogP contribution is 2.18. The Morgan fingerprint density at radius 2 is 2.05 bits per heavy atom. The molecule has 0 atom stereocenters. The molecule has 116 valence electrons. The lowest BCUT2D eigenvalue weighted by molar-refractivity contribution is -0.124. The van der Waals surface area contributed by atoms with Crippen LogP contribution in [0.5, 0.6) is 5.75 Å². The standard InChI is InChI=1S/C16H23FN2O2/c17-13-8-12(6-7-18)9-15(10-13)21-11-16(20)19-14-4-2-1-3-5-14/h8-10,14H,1-7,11,18H2,(H,19,20). The number of halogens is 1. The van der Waals surface area contributed by atoms with E-state index < -0.39 is 0 Å². The van der Waals surface area contributed by atoms with Gasteiger partial charge < -0.3 is 15.8 Å². The Bertz CT molecular complexity index is 473. The molecule has 1 aliphatic rings. The van der Waals surface area contributed by atoms with Crippen LogP contribution in [0.3, 0.4) is 0 Å². The summed E-state index contributed by atoms with van der Waals surface area (Å²) < 4.78 is 18.8. The molecule has 5 heteroatoms. The summed E-state index contributed by atoms with van der Waals surface area (Å²) in [5, 5.41) is 2.97. The average Bonchev–Trinajstić information content (AvgIpc) is 2.46. The molecule has 3 N–H and O–H groups in total. The van der Waals surface area contributed by atoms with Crippen LogP contribution < -0.4 is 15.8 Å². The molecule has 1 saturated carbocycles. The van der Waals surface area contributed by atoms with Gasteiger partial charge in [0.25, 0.3) is 5.91 Å². The zero-order valence-corrected chi connectivity index (χ0v) is 12.2. The number of carbonyl (C=O) groups is 1. The summed E-state index contributed by atoms with van der Waals surface area (Å²) in [6.45, 7) is 0.368. The van der Waals surface area contributed by atoms with Crippen molar-refractivity contribution in [2.24, 2.45) is 5.73 Å². The van der Waals surface area contributed by atoms with Gasteiger partial charge >= 0.3 is 0 Å². The van der Waals surface area contributed by atoms with Gasteiger partial charge in [0.1, 0.15) is 11.6 Å². The van der Waals surface area contributed by atoms with E-state index in [1.165, 1.54) is 18.6 Å². The summed E-state index contributed by atoms with van der Waals surface area (Å²) in [4.78, 5) is 11.8. The van der Waals surface area contributed by atoms with E-state index >= 15 is 0 Å². The second-order valence-corrected chi connectivity index (χ2v) is 5.52. The minimum Gasteiger partial charge on any atom is -0.484 e. The highest BCUT2D eigenvalue weighted by molar-refractivity contribution is 5.77. The number of hydrogen-bond acceptors (Lipinski definition) is 3. The summed E-state index contributed by atoms with van der Waals surface area (Å²) in [5.41, 5.74) is 6.24. The molecule has 0 radical (unpaired) electrons. The van der Waals surface area contributed by atoms with Crippen LogP contribution in [0.2, 0.25) is 0 Å². The molecule has 1 aliphatic carbocycles. The molecule has 0 aromatic heterocycles. The monoisotopic (exact) mass is 294 g/mol. The van der Waals surface area contributed by atoms with Crippen molar-refractivity contribution in [1.82, 2.24) is 5.32 Å². The first-order chi connectivity index (χ1) is 10.2. The molecule has 1 amide bonds. The summed E-state index contributed by atoms with van der Waals surface area (Å²) >= 11 is 0. The molecule has 1 aromatic rings. The molecule has 21 heavy (non-hydrogen) atoms. The molecule has 0 bridgehead atoms. The van der Waals surface area contributed by atoms with Gasteiger partial charge in [0, 0.05) is 12.1 Å². The molecule has 0 spiro atoms. The van der Waals surface area contributed by atoms with Gasteiger partial charge in [-0.3, -0.25) is 4.79 Å². The van der Waals surface area contributed by atoms with Crippen molar-refractivity contribution in [1.29, 1.82) is 0 Å². The van der Waals surface area contributed by atoms with E-state index in [2.05, 4.69) is 5.32 Å². The topological polar surface area (TPSA) is 64.3 Å². The smallest absolute Gasteiger partial charge is 0.258 e. The van der Waals surface area contributed by atoms with Crippen LogP contribution in [0.25, 0.3) is 0 Å². The third-order valence-electron chi connectivity index (χ3n) is 3.70. The zero-order valence-electron chi connectivity index (χ0n) is 12.2. The van der Waals surface area contributed by atoms with Gasteiger partial charge in [-0.1, -0.05) is 19.3 Å². The Morgan fingerprint density at radius 1 is 1.29 bits per heavy atom. The molecule has 0 saturated heterocycles. The predicted octanol–water partition coefficient (Wildman–Crippen LogP) is 2.15. The minimum atomic E-state index is -0.372. The third kappa shape index (κ3) is 5.34. The number of nitrogens with two attached hydrogens (primary N) is 1. The van der Waals surface area contributed by atoms with Gasteiger partial charge in [-0.25, -0.2) is 4.39 Å². The Balaban J connectivity index is 1.82. The van der Waals surface area contributed by atoms with E-state index in [0.29, 0.717) is 18.7 Å². The van der Waals surface area contributed by atoms with Crippen molar-refractivity contribution < 1.29 is 13.9 Å². The van der Waals surface area contributed by atoms with E-state index in [1.54, 1.807) is 6.07 Å². The molecule has 0 aliphatic heterocycles. The van der Waals surface area contributed by atoms with Crippen LogP contribution in [0.15, 0.2) is 18.2 Å². The molecule has 2 rings (SSSR count). The largest absolute Gasteiger partial charge is 0.484 e. The number of amides is 1. The Kier molecular flexibility index (Phi) is 5.99. The molecule has 1 fully saturated rings. The maximum Gasteiger partial charge on any atom is 0.258 e. The predicted molar refractivity (Wildman–Crippen MR) is 79.7 cm³/mol. The van der Waals surface area contributed by atoms with Crippen LogP contribution in [-0.4, -0.2) is 25.1 Å². The van der Waals surface area contributed by atoms with Crippen molar-refractivity contribution in [2.75, 3.05) is 13.2 Å². The fourth-order valence-corrected chi connectivity index (χ4v) is 2.68. The normalized spacial score (nSPS) is 15.7. The van der Waals surface area contributed by atoms with E-state index in [-0.39, 0.29) is 24.4 Å². The second kappa shape index (κ2) is 7.98. The lowest BCUT2D eigenvalue weighted by Gasteiger charge is -2.22. The SMILES string of the molecule is NCCc1cc(F)cc(OCC(=O)NC2CCCCC2)c1. The quantitative estimate of drug-likeness (QED) is 0.845. The van der Waals surface area contributed by atoms with Gasteiger partial charge in [0.15, 0.2) is 6.61 Å². The molecule has 0 heterocycles. The summed E-state index contributed by atoms with van der Waals surface area (Å²) in [6, 6.07) is 4.70. The fourth-order valence-electron chi connectivity index (χ4n) is 2.68. The van der Waals surface area contributed by atoms with Crippen molar-refractivity contribution in [3.05, 3.63) is 29.6 Å². The first-order valence-electron chi connectivity index (χ1n) is 7.59. The van der Waals surface area contributed by atoms with Crippen molar-refractivity contribution in [3.8, 4) is 5.75 Å². The first-order valence-corrected chi connectivity index (χ1v) is 7.59. The molecule has 0 unspecified atom stereocenters. The van der Waals surface area contributed by atoms with Crippen LogP contribution in [0.1, 0.15) is 37.7 Å². The third-order valence-corrected chi connectivity index (χ3v) is 3.70. The Labute approximate surface area is 124 Å². The van der Waals surface area contributed by atoms with Gasteiger partial charge in [-0.2, -0.15) is 0 Å². The maximum atomic E-state index is 13.4. The second-order valence-electron chi connectivity index (χ2n) is 5.52. The highest BCUT2D eigenvalue weighted by atomic mass is 19.1. The van der Waals surface area contributed by atoms with Crippen LogP contribution >= 0.6 is 0 Å². The van der Waals surface area contributed by atoms with Crippen LogP contribution in [-0.2, 0) is 11.2 Å². The minimum absolute atomic E-state index is 0.0813. The summed E-state index contributed by atoms with van der Waals surface area (Å²) in [6.07, 6.45) is 6.23. The summed E-state index contributed by atoms with van der Waals surface area (Å²) in [5.74, 6) is -0.146. The van der Waals surface area contributed by atoms with E-state index in [1.807, 2.05) is 0 Å². The lowest BCUT2D eigenvalue weighted by atomic mass is 9.95. The maximum absolute atomic E-state index is 13.4. The van der Waals surface area contributed by atoms with Crippen LogP contribution in [0.4, 0.5) is 4.39 Å². The lowest BCUT2D eigenvalue weighted by Crippen LogP contribution is -2.38. The van der Waals surface area contributed by atoms with Gasteiger partial charge in [-0.15, -0.1) is 0 Å². The number of rotatable bonds is 6. The van der Waals surface area contributed by atoms with Crippen molar-refractivity contribution >= 4 is 5.91 Å². The number of ether oxygens (including phenoxy) is 1. The number of nitrogens with one attached hydrogen (secondary N) is 1. The summed E-state index contributed by atoms with van der Waals surface area (Å²) in [7, 11) is 0. The Morgan fingerprint density at radius 3 is 2.76 bits per heavy atom. The number of carbonyl (C=O) groups excluding carboxylic acids is 1. The van der Waals surface area contributed by atoms with E-state index in [0.717, 1.165) is 31.2 Å². The van der Waals surface area contributed by atoms with Gasteiger partial charge in [0.05, 0.1) is 0 Å². The first kappa shape index (κ1) is 15.8. The number of hydrogen-bond donors (Lipinski definition) is 2. The highest BCUT2D eigenvalue weighted by Gasteiger charge is 2.15. The van der Waals surface area contributed by atoms with Crippen molar-refractivity contribution in [3.63, 3.8) is 0 Å². The van der Waals surface area contributed by atoms with Crippen LogP contribution in [0, 0.1) is 5.82 Å². The molecule has 1 aromatic carbocycles. The zero-order chi connectivity index (χ0) is 15.1. The average molecular weight is 294 g/mol. The van der Waals surface area contributed by atoms with Crippen molar-refractivity contribution in [2.45, 2.75) is 44.6 Å². The fraction of sp³-hybridized carbons (Fsp3) is 0.562. The van der Waals surface area contributed by atoms with E-state index in [4.69, 9.17) is 10.5 Å². The molecular formula is C16H23FN2O2. The number of benzene rings is 1. The molecule has 4 nitrogen and oxygen atoms in total. The Hall–Kier alpha value is -1.62.